The molecule has 17 heavy (non-hydrogen) atoms. The number of carboxylic acids is 1. The van der Waals surface area contributed by atoms with Crippen LogP contribution in [0, 0.1) is 0 Å². The van der Waals surface area contributed by atoms with Crippen LogP contribution in [0.4, 0.5) is 0 Å². The molecule has 0 saturated heterocycles. The zero-order valence-corrected chi connectivity index (χ0v) is 8.91. The van der Waals surface area contributed by atoms with Gasteiger partial charge in [0.2, 0.25) is 5.89 Å². The van der Waals surface area contributed by atoms with Crippen LogP contribution in [0.25, 0.3) is 0 Å². The van der Waals surface area contributed by atoms with E-state index in [2.05, 4.69) is 15.2 Å². The van der Waals surface area contributed by atoms with Crippen LogP contribution in [0.2, 0.25) is 0 Å². The summed E-state index contributed by atoms with van der Waals surface area (Å²) < 4.78 is 6.57. The molecular weight excluding hydrogens is 224 g/mol. The van der Waals surface area contributed by atoms with E-state index in [4.69, 9.17) is 9.63 Å². The van der Waals surface area contributed by atoms with Gasteiger partial charge in [-0.3, -0.25) is 4.68 Å². The average Bonchev–Trinajstić information content (AvgIpc) is 2.87. The van der Waals surface area contributed by atoms with Gasteiger partial charge in [-0.1, -0.05) is 5.16 Å². The number of carboxylic acid groups (broad SMARTS) is 1. The molecule has 1 fully saturated rings. The van der Waals surface area contributed by atoms with Crippen molar-refractivity contribution < 1.29 is 14.4 Å². The number of nitrogens with zero attached hydrogens (tertiary/aromatic N) is 4. The van der Waals surface area contributed by atoms with Gasteiger partial charge in [0.25, 0.3) is 0 Å². The molecule has 0 aromatic carbocycles. The number of hydrogen-bond acceptors (Lipinski definition) is 5. The molecule has 0 aliphatic heterocycles. The zero-order chi connectivity index (χ0) is 11.8. The van der Waals surface area contributed by atoms with Crippen LogP contribution in [0.1, 0.15) is 41.0 Å². The minimum absolute atomic E-state index is 0.0101. The lowest BCUT2D eigenvalue weighted by Gasteiger charge is -1.94. The molecule has 0 amide bonds. The highest BCUT2D eigenvalue weighted by molar-refractivity contribution is 5.85. The number of carbonyl (C=O) groups is 1. The minimum atomic E-state index is -1.05. The predicted octanol–water partition coefficient (Wildman–Crippen LogP) is 0.890. The quantitative estimate of drug-likeness (QED) is 0.844. The van der Waals surface area contributed by atoms with Gasteiger partial charge in [-0.25, -0.2) is 4.79 Å². The summed E-state index contributed by atoms with van der Waals surface area (Å²) in [6.07, 6.45) is 3.79. The third-order valence-corrected chi connectivity index (χ3v) is 2.57. The van der Waals surface area contributed by atoms with Crippen LogP contribution < -0.4 is 0 Å². The van der Waals surface area contributed by atoms with E-state index in [0.717, 1.165) is 12.8 Å². The summed E-state index contributed by atoms with van der Waals surface area (Å²) in [4.78, 5) is 14.9. The molecule has 0 spiro atoms. The predicted molar refractivity (Wildman–Crippen MR) is 54.6 cm³/mol. The molecule has 1 aliphatic rings. The molecule has 7 heteroatoms. The highest BCUT2D eigenvalue weighted by Gasteiger charge is 2.29. The van der Waals surface area contributed by atoms with Crippen LogP contribution >= 0.6 is 0 Å². The molecule has 1 saturated carbocycles. The topological polar surface area (TPSA) is 94.0 Å². The van der Waals surface area contributed by atoms with E-state index in [0.29, 0.717) is 24.2 Å². The lowest BCUT2D eigenvalue weighted by molar-refractivity contribution is 0.0689. The summed E-state index contributed by atoms with van der Waals surface area (Å²) in [6, 6.07) is 1.43. The van der Waals surface area contributed by atoms with Gasteiger partial charge in [0.1, 0.15) is 6.54 Å². The first kappa shape index (κ1) is 10.0. The van der Waals surface area contributed by atoms with Crippen molar-refractivity contribution in [3.63, 3.8) is 0 Å². The summed E-state index contributed by atoms with van der Waals surface area (Å²) in [5.41, 5.74) is 0.0101. The maximum atomic E-state index is 10.6. The van der Waals surface area contributed by atoms with Crippen molar-refractivity contribution in [1.29, 1.82) is 0 Å². The standard InChI is InChI=1S/C10H10N4O3/c15-10(16)7-3-4-14(12-7)5-8-11-9(17-13-8)6-1-2-6/h3-4,6H,1-2,5H2,(H,15,16). The Morgan fingerprint density at radius 3 is 3.06 bits per heavy atom. The van der Waals surface area contributed by atoms with Crippen LogP contribution in [0.15, 0.2) is 16.8 Å². The number of rotatable bonds is 4. The van der Waals surface area contributed by atoms with Crippen LogP contribution in [-0.4, -0.2) is 31.0 Å². The SMILES string of the molecule is O=C(O)c1ccn(Cc2noc(C3CC3)n2)n1. The van der Waals surface area contributed by atoms with Crippen molar-refractivity contribution in [2.45, 2.75) is 25.3 Å². The van der Waals surface area contributed by atoms with E-state index in [1.54, 1.807) is 6.20 Å². The third kappa shape index (κ3) is 2.03. The molecule has 2 heterocycles. The molecule has 2 aromatic rings. The summed E-state index contributed by atoms with van der Waals surface area (Å²) >= 11 is 0. The van der Waals surface area contributed by atoms with E-state index in [1.807, 2.05) is 0 Å². The van der Waals surface area contributed by atoms with Gasteiger partial charge in [-0.2, -0.15) is 10.1 Å². The first-order valence-electron chi connectivity index (χ1n) is 5.31. The van der Waals surface area contributed by atoms with Crippen molar-refractivity contribution in [3.8, 4) is 0 Å². The fourth-order valence-electron chi connectivity index (χ4n) is 1.54. The normalized spacial score (nSPS) is 15.1. The van der Waals surface area contributed by atoms with Gasteiger partial charge in [0.15, 0.2) is 11.5 Å². The summed E-state index contributed by atoms with van der Waals surface area (Å²) in [5.74, 6) is 0.566. The number of hydrogen-bond donors (Lipinski definition) is 1. The van der Waals surface area contributed by atoms with E-state index >= 15 is 0 Å². The Kier molecular flexibility index (Phi) is 2.17. The van der Waals surface area contributed by atoms with Gasteiger partial charge >= 0.3 is 5.97 Å². The summed E-state index contributed by atoms with van der Waals surface area (Å²) in [7, 11) is 0. The second-order valence-corrected chi connectivity index (χ2v) is 4.03. The highest BCUT2D eigenvalue weighted by Crippen LogP contribution is 2.38. The smallest absolute Gasteiger partial charge is 0.356 e. The van der Waals surface area contributed by atoms with Crippen molar-refractivity contribution in [1.82, 2.24) is 19.9 Å². The highest BCUT2D eigenvalue weighted by atomic mass is 16.5. The molecular formula is C10H10N4O3. The molecule has 88 valence electrons. The second kappa shape index (κ2) is 3.69. The Morgan fingerprint density at radius 2 is 2.41 bits per heavy atom. The summed E-state index contributed by atoms with van der Waals surface area (Å²) in [6.45, 7) is 0.323. The van der Waals surface area contributed by atoms with Crippen LogP contribution in [-0.2, 0) is 6.54 Å². The molecule has 0 unspecified atom stereocenters. The zero-order valence-electron chi connectivity index (χ0n) is 8.91. The first-order valence-corrected chi connectivity index (χ1v) is 5.31. The Morgan fingerprint density at radius 1 is 1.59 bits per heavy atom. The maximum Gasteiger partial charge on any atom is 0.356 e. The molecule has 3 rings (SSSR count). The van der Waals surface area contributed by atoms with E-state index < -0.39 is 5.97 Å². The Hall–Kier alpha value is -2.18. The summed E-state index contributed by atoms with van der Waals surface area (Å²) in [5, 5.41) is 16.4. The lowest BCUT2D eigenvalue weighted by atomic mass is 10.4. The second-order valence-electron chi connectivity index (χ2n) is 4.03. The van der Waals surface area contributed by atoms with E-state index in [-0.39, 0.29) is 5.69 Å². The van der Waals surface area contributed by atoms with E-state index in [1.165, 1.54) is 10.7 Å². The minimum Gasteiger partial charge on any atom is -0.476 e. The van der Waals surface area contributed by atoms with Gasteiger partial charge in [0.05, 0.1) is 0 Å². The van der Waals surface area contributed by atoms with Gasteiger partial charge < -0.3 is 9.63 Å². The Bertz CT molecular complexity index is 555. The largest absolute Gasteiger partial charge is 0.476 e. The van der Waals surface area contributed by atoms with Gasteiger partial charge in [-0.15, -0.1) is 0 Å². The molecule has 1 N–H and O–H groups in total. The van der Waals surface area contributed by atoms with Gasteiger partial charge in [-0.05, 0) is 18.9 Å². The van der Waals surface area contributed by atoms with Crippen molar-refractivity contribution in [3.05, 3.63) is 29.7 Å². The number of aromatic carboxylic acids is 1. The van der Waals surface area contributed by atoms with E-state index in [9.17, 15) is 4.79 Å². The fourth-order valence-corrected chi connectivity index (χ4v) is 1.54. The Balaban J connectivity index is 1.73. The van der Waals surface area contributed by atoms with Gasteiger partial charge in [0, 0.05) is 12.1 Å². The molecule has 0 atom stereocenters. The maximum absolute atomic E-state index is 10.6. The number of aromatic nitrogens is 4. The fraction of sp³-hybridized carbons (Fsp3) is 0.400. The molecule has 7 nitrogen and oxygen atoms in total. The molecule has 2 aromatic heterocycles. The van der Waals surface area contributed by atoms with Crippen molar-refractivity contribution in [2.24, 2.45) is 0 Å². The third-order valence-electron chi connectivity index (χ3n) is 2.57. The van der Waals surface area contributed by atoms with Crippen LogP contribution in [0.3, 0.4) is 0 Å². The monoisotopic (exact) mass is 234 g/mol. The Labute approximate surface area is 96.1 Å². The molecule has 0 radical (unpaired) electrons. The first-order chi connectivity index (χ1) is 8.22. The molecule has 1 aliphatic carbocycles. The van der Waals surface area contributed by atoms with Crippen molar-refractivity contribution >= 4 is 5.97 Å². The van der Waals surface area contributed by atoms with Crippen molar-refractivity contribution in [2.75, 3.05) is 0 Å². The van der Waals surface area contributed by atoms with Crippen LogP contribution in [0.5, 0.6) is 0 Å². The average molecular weight is 234 g/mol. The molecule has 0 bridgehead atoms. The lowest BCUT2D eigenvalue weighted by Crippen LogP contribution is -2.05.